The van der Waals surface area contributed by atoms with Crippen LogP contribution in [0.2, 0.25) is 0 Å². The van der Waals surface area contributed by atoms with Gasteiger partial charge in [-0.25, -0.2) is 4.79 Å². The molecule has 0 bridgehead atoms. The van der Waals surface area contributed by atoms with Crippen LogP contribution in [0.5, 0.6) is 11.5 Å². The van der Waals surface area contributed by atoms with Gasteiger partial charge in [0.15, 0.2) is 6.61 Å². The summed E-state index contributed by atoms with van der Waals surface area (Å²) in [6.07, 6.45) is 2.08. The highest BCUT2D eigenvalue weighted by Gasteiger charge is 2.07. The Balaban J connectivity index is 1.73. The molecule has 180 valence electrons. The number of rotatable bonds is 9. The molecule has 3 aromatic carbocycles. The SMILES string of the molecule is COC(=O)COc1ccc(OC/C=C(/c2ccccc2)c2ccc(C#CCN(C)C)cc2)cc1C. The van der Waals surface area contributed by atoms with Gasteiger partial charge in [0, 0.05) is 5.56 Å². The summed E-state index contributed by atoms with van der Waals surface area (Å²) in [4.78, 5) is 13.3. The van der Waals surface area contributed by atoms with Crippen molar-refractivity contribution >= 4 is 11.5 Å². The third-order valence-corrected chi connectivity index (χ3v) is 5.17. The molecule has 3 aromatic rings. The highest BCUT2D eigenvalue weighted by atomic mass is 16.6. The normalized spacial score (nSPS) is 10.9. The Kier molecular flexibility index (Phi) is 9.53. The summed E-state index contributed by atoms with van der Waals surface area (Å²) < 4.78 is 16.1. The van der Waals surface area contributed by atoms with Gasteiger partial charge in [-0.05, 0) is 79.7 Å². The summed E-state index contributed by atoms with van der Waals surface area (Å²) >= 11 is 0. The summed E-state index contributed by atoms with van der Waals surface area (Å²) in [5, 5.41) is 0. The van der Waals surface area contributed by atoms with Gasteiger partial charge in [-0.2, -0.15) is 0 Å². The molecule has 35 heavy (non-hydrogen) atoms. The molecule has 0 N–H and O–H groups in total. The molecule has 0 atom stereocenters. The van der Waals surface area contributed by atoms with E-state index in [2.05, 4.69) is 46.9 Å². The summed E-state index contributed by atoms with van der Waals surface area (Å²) in [5.74, 6) is 7.30. The van der Waals surface area contributed by atoms with Gasteiger partial charge in [-0.15, -0.1) is 0 Å². The molecule has 0 saturated heterocycles. The second-order valence-electron chi connectivity index (χ2n) is 8.20. The molecule has 0 aliphatic rings. The molecule has 0 aliphatic carbocycles. The van der Waals surface area contributed by atoms with Crippen LogP contribution in [0.4, 0.5) is 0 Å². The van der Waals surface area contributed by atoms with E-state index in [1.165, 1.54) is 7.11 Å². The number of carbonyl (C=O) groups is 1. The van der Waals surface area contributed by atoms with E-state index in [1.54, 1.807) is 6.07 Å². The van der Waals surface area contributed by atoms with Gasteiger partial charge >= 0.3 is 5.97 Å². The van der Waals surface area contributed by atoms with Gasteiger partial charge in [-0.1, -0.05) is 54.3 Å². The van der Waals surface area contributed by atoms with Gasteiger partial charge in [0.2, 0.25) is 0 Å². The lowest BCUT2D eigenvalue weighted by Crippen LogP contribution is -2.13. The quantitative estimate of drug-likeness (QED) is 0.327. The molecule has 0 fully saturated rings. The van der Waals surface area contributed by atoms with Crippen molar-refractivity contribution in [3.63, 3.8) is 0 Å². The molecular formula is C30H31NO4. The van der Waals surface area contributed by atoms with Gasteiger partial charge < -0.3 is 14.2 Å². The second-order valence-corrected chi connectivity index (χ2v) is 8.20. The second kappa shape index (κ2) is 13.0. The van der Waals surface area contributed by atoms with Gasteiger partial charge in [-0.3, -0.25) is 4.90 Å². The first-order chi connectivity index (χ1) is 17.0. The van der Waals surface area contributed by atoms with E-state index in [4.69, 9.17) is 9.47 Å². The van der Waals surface area contributed by atoms with Crippen LogP contribution in [0, 0.1) is 18.8 Å². The average Bonchev–Trinajstić information content (AvgIpc) is 2.87. The van der Waals surface area contributed by atoms with Crippen LogP contribution in [-0.2, 0) is 9.53 Å². The maximum Gasteiger partial charge on any atom is 0.343 e. The minimum absolute atomic E-state index is 0.124. The summed E-state index contributed by atoms with van der Waals surface area (Å²) in [5.41, 5.74) is 5.17. The Morgan fingerprint density at radius 3 is 2.31 bits per heavy atom. The predicted octanol–water partition coefficient (Wildman–Crippen LogP) is 4.97. The maximum atomic E-state index is 11.3. The largest absolute Gasteiger partial charge is 0.489 e. The molecule has 0 saturated carbocycles. The van der Waals surface area contributed by atoms with Crippen LogP contribution < -0.4 is 9.47 Å². The van der Waals surface area contributed by atoms with Crippen molar-refractivity contribution in [3.05, 3.63) is 101 Å². The number of esters is 1. The van der Waals surface area contributed by atoms with E-state index in [9.17, 15) is 4.79 Å². The van der Waals surface area contributed by atoms with E-state index >= 15 is 0 Å². The lowest BCUT2D eigenvalue weighted by molar-refractivity contribution is -0.142. The Bertz CT molecular complexity index is 1200. The molecule has 0 amide bonds. The molecule has 0 radical (unpaired) electrons. The van der Waals surface area contributed by atoms with Crippen molar-refractivity contribution in [1.82, 2.24) is 4.90 Å². The molecule has 3 rings (SSSR count). The first kappa shape index (κ1) is 25.6. The molecule has 0 spiro atoms. The summed E-state index contributed by atoms with van der Waals surface area (Å²) in [6.45, 7) is 2.91. The van der Waals surface area contributed by atoms with E-state index in [1.807, 2.05) is 68.4 Å². The van der Waals surface area contributed by atoms with Crippen molar-refractivity contribution in [2.45, 2.75) is 6.92 Å². The molecular weight excluding hydrogens is 438 g/mol. The van der Waals surface area contributed by atoms with Crippen molar-refractivity contribution in [3.8, 4) is 23.3 Å². The van der Waals surface area contributed by atoms with Crippen molar-refractivity contribution in [2.75, 3.05) is 41.0 Å². The lowest BCUT2D eigenvalue weighted by Gasteiger charge is -2.12. The van der Waals surface area contributed by atoms with Gasteiger partial charge in [0.1, 0.15) is 18.1 Å². The van der Waals surface area contributed by atoms with Crippen molar-refractivity contribution in [1.29, 1.82) is 0 Å². The molecule has 0 aliphatic heterocycles. The zero-order chi connectivity index (χ0) is 25.0. The van der Waals surface area contributed by atoms with Gasteiger partial charge in [0.25, 0.3) is 0 Å². The molecule has 5 heteroatoms. The molecule has 5 nitrogen and oxygen atoms in total. The Morgan fingerprint density at radius 1 is 0.943 bits per heavy atom. The number of carbonyl (C=O) groups excluding carboxylic acids is 1. The predicted molar refractivity (Wildman–Crippen MR) is 140 cm³/mol. The minimum Gasteiger partial charge on any atom is -0.489 e. The van der Waals surface area contributed by atoms with Gasteiger partial charge in [0.05, 0.1) is 13.7 Å². The van der Waals surface area contributed by atoms with E-state index < -0.39 is 5.97 Å². The monoisotopic (exact) mass is 469 g/mol. The number of aryl methyl sites for hydroxylation is 1. The smallest absolute Gasteiger partial charge is 0.343 e. The van der Waals surface area contributed by atoms with E-state index in [0.29, 0.717) is 12.4 Å². The van der Waals surface area contributed by atoms with Crippen LogP contribution >= 0.6 is 0 Å². The third kappa shape index (κ3) is 8.06. The van der Waals surface area contributed by atoms with Crippen LogP contribution in [0.25, 0.3) is 5.57 Å². The first-order valence-electron chi connectivity index (χ1n) is 11.4. The minimum atomic E-state index is -0.419. The molecule has 0 heterocycles. The highest BCUT2D eigenvalue weighted by Crippen LogP contribution is 2.26. The zero-order valence-corrected chi connectivity index (χ0v) is 20.7. The van der Waals surface area contributed by atoms with E-state index in [-0.39, 0.29) is 6.61 Å². The lowest BCUT2D eigenvalue weighted by atomic mass is 9.97. The fourth-order valence-electron chi connectivity index (χ4n) is 3.34. The first-order valence-corrected chi connectivity index (χ1v) is 11.4. The number of benzene rings is 3. The number of ether oxygens (including phenoxy) is 3. The average molecular weight is 470 g/mol. The van der Waals surface area contributed by atoms with Crippen LogP contribution in [0.15, 0.2) is 78.9 Å². The molecule has 0 aromatic heterocycles. The summed E-state index contributed by atoms with van der Waals surface area (Å²) in [6, 6.07) is 24.1. The third-order valence-electron chi connectivity index (χ3n) is 5.17. The highest BCUT2D eigenvalue weighted by molar-refractivity contribution is 5.80. The Morgan fingerprint density at radius 2 is 1.66 bits per heavy atom. The number of nitrogens with zero attached hydrogens (tertiary/aromatic N) is 1. The molecule has 0 unspecified atom stereocenters. The zero-order valence-electron chi connectivity index (χ0n) is 20.7. The number of hydrogen-bond acceptors (Lipinski definition) is 5. The fourth-order valence-corrected chi connectivity index (χ4v) is 3.34. The van der Waals surface area contributed by atoms with Crippen molar-refractivity contribution < 1.29 is 19.0 Å². The number of methoxy groups -OCH3 is 1. The fraction of sp³-hybridized carbons (Fsp3) is 0.233. The summed E-state index contributed by atoms with van der Waals surface area (Å²) in [7, 11) is 5.35. The Labute approximate surface area is 207 Å². The maximum absolute atomic E-state index is 11.3. The van der Waals surface area contributed by atoms with Crippen LogP contribution in [0.1, 0.15) is 22.3 Å². The van der Waals surface area contributed by atoms with Crippen LogP contribution in [-0.4, -0.2) is 51.8 Å². The topological polar surface area (TPSA) is 48.0 Å². The standard InChI is InChI=1S/C30H31NO4/c1-23-21-27(16-17-29(23)35-22-30(32)33-4)34-20-18-28(25-10-6-5-7-11-25)26-14-12-24(13-15-26)9-8-19-31(2)3/h5-7,10-18,21H,19-20,22H2,1-4H3/b28-18-. The van der Waals surface area contributed by atoms with Crippen molar-refractivity contribution in [2.24, 2.45) is 0 Å². The number of hydrogen-bond donors (Lipinski definition) is 0. The Hall–Kier alpha value is -4.01. The van der Waals surface area contributed by atoms with E-state index in [0.717, 1.165) is 40.1 Å². The van der Waals surface area contributed by atoms with Crippen LogP contribution in [0.3, 0.4) is 0 Å².